The monoisotopic (exact) mass is 359 g/mol. The summed E-state index contributed by atoms with van der Waals surface area (Å²) in [6, 6.07) is 16.2. The Kier molecular flexibility index (Phi) is 3.57. The number of imidazole rings is 1. The molecule has 2 aliphatic carbocycles. The lowest BCUT2D eigenvalue weighted by Crippen LogP contribution is -2.34. The first-order valence-electron chi connectivity index (χ1n) is 9.41. The van der Waals surface area contributed by atoms with Gasteiger partial charge in [-0.2, -0.15) is 0 Å². The summed E-state index contributed by atoms with van der Waals surface area (Å²) < 4.78 is 3.16. The summed E-state index contributed by atoms with van der Waals surface area (Å²) in [7, 11) is 0. The van der Waals surface area contributed by atoms with E-state index >= 15 is 0 Å². The van der Waals surface area contributed by atoms with E-state index in [4.69, 9.17) is 0 Å². The Morgan fingerprint density at radius 2 is 1.70 bits per heavy atom. The largest absolute Gasteiger partial charge is 0.710 e. The summed E-state index contributed by atoms with van der Waals surface area (Å²) in [5, 5.41) is 26.5. The molecule has 1 N–H and O–H groups in total. The molecule has 1 atom stereocenters. The minimum Gasteiger partial charge on any atom is -0.710 e. The van der Waals surface area contributed by atoms with Gasteiger partial charge in [-0.15, -0.1) is 0 Å². The van der Waals surface area contributed by atoms with Crippen LogP contribution in [0.3, 0.4) is 0 Å². The average Bonchev–Trinajstić information content (AvgIpc) is 2.97. The lowest BCUT2D eigenvalue weighted by molar-refractivity contribution is -0.601. The molecule has 0 spiro atoms. The molecule has 0 amide bonds. The van der Waals surface area contributed by atoms with Crippen molar-refractivity contribution in [1.82, 2.24) is 4.57 Å². The van der Waals surface area contributed by atoms with Crippen LogP contribution >= 0.6 is 0 Å². The molecule has 1 aromatic heterocycles. The maximum atomic E-state index is 13.1. The van der Waals surface area contributed by atoms with Gasteiger partial charge in [-0.3, -0.25) is 0 Å². The lowest BCUT2D eigenvalue weighted by Gasteiger charge is -2.26. The molecule has 0 bridgehead atoms. The number of aryl methyl sites for hydroxylation is 2. The first-order chi connectivity index (χ1) is 13.2. The van der Waals surface area contributed by atoms with Crippen molar-refractivity contribution in [2.75, 3.05) is 0 Å². The molecule has 5 nitrogen and oxygen atoms in total. The normalized spacial score (nSPS) is 19.4. The fourth-order valence-electron chi connectivity index (χ4n) is 4.76. The van der Waals surface area contributed by atoms with Crippen LogP contribution in [-0.4, -0.2) is 15.5 Å². The molecular formula is C22H21N3O2. The third-order valence-electron chi connectivity index (χ3n) is 6.02. The van der Waals surface area contributed by atoms with E-state index in [9.17, 15) is 10.4 Å². The first-order valence-corrected chi connectivity index (χ1v) is 9.41. The smallest absolute Gasteiger partial charge is 0.257 e. The van der Waals surface area contributed by atoms with Gasteiger partial charge in [0.2, 0.25) is 0 Å². The zero-order chi connectivity index (χ0) is 18.5. The first kappa shape index (κ1) is 16.1. The molecule has 0 saturated carbocycles. The fourth-order valence-corrected chi connectivity index (χ4v) is 4.76. The molecule has 1 heterocycles. The Morgan fingerprint density at radius 1 is 1.00 bits per heavy atom. The van der Waals surface area contributed by atoms with Crippen LogP contribution < -0.4 is 4.73 Å². The van der Waals surface area contributed by atoms with Gasteiger partial charge < -0.3 is 10.4 Å². The van der Waals surface area contributed by atoms with Crippen LogP contribution in [0.4, 0.5) is 0 Å². The van der Waals surface area contributed by atoms with Crippen molar-refractivity contribution >= 4 is 5.71 Å². The number of hydrogen-bond acceptors (Lipinski definition) is 3. The van der Waals surface area contributed by atoms with Crippen LogP contribution in [0.1, 0.15) is 40.7 Å². The number of benzene rings is 2. The second kappa shape index (κ2) is 5.98. The van der Waals surface area contributed by atoms with Crippen LogP contribution in [0, 0.1) is 12.1 Å². The van der Waals surface area contributed by atoms with Crippen molar-refractivity contribution in [2.24, 2.45) is 5.16 Å². The Bertz CT molecular complexity index is 1080. The van der Waals surface area contributed by atoms with E-state index in [2.05, 4.69) is 27.9 Å². The number of oxime groups is 1. The number of nitrogens with zero attached hydrogens (tertiary/aromatic N) is 3. The minimum absolute atomic E-state index is 0.228. The second-order valence-corrected chi connectivity index (χ2v) is 7.36. The third-order valence-corrected chi connectivity index (χ3v) is 6.02. The van der Waals surface area contributed by atoms with Gasteiger partial charge in [0.05, 0.1) is 0 Å². The van der Waals surface area contributed by atoms with Gasteiger partial charge in [-0.05, 0) is 30.4 Å². The number of aromatic nitrogens is 2. The molecule has 0 fully saturated rings. The van der Waals surface area contributed by atoms with Gasteiger partial charge in [0.15, 0.2) is 17.4 Å². The molecular weight excluding hydrogens is 338 g/mol. The highest BCUT2D eigenvalue weighted by Gasteiger charge is 2.39. The van der Waals surface area contributed by atoms with Gasteiger partial charge in [-0.1, -0.05) is 53.7 Å². The molecule has 5 rings (SSSR count). The standard InChI is InChI=1S/C22H21N3O2/c1-14-24(21-17-8-4-2-6-15(17)10-12-19(21)23-26)20-13-11-16-7-3-5-9-18(16)22(20)25(14)27/h2-9,21,26H,10-13H2,1H3/b23-19-/t21-/m0/s1. The number of rotatable bonds is 1. The Hall–Kier alpha value is -3.08. The molecule has 136 valence electrons. The van der Waals surface area contributed by atoms with Gasteiger partial charge >= 0.3 is 0 Å². The van der Waals surface area contributed by atoms with E-state index in [1.54, 1.807) is 0 Å². The molecule has 5 heteroatoms. The predicted molar refractivity (Wildman–Crippen MR) is 103 cm³/mol. The fraction of sp³-hybridized carbons (Fsp3) is 0.273. The lowest BCUT2D eigenvalue weighted by atomic mass is 9.85. The number of hydrogen-bond donors (Lipinski definition) is 1. The Balaban J connectivity index is 1.79. The number of fused-ring (bicyclic) bond motifs is 4. The topological polar surface area (TPSA) is 64.5 Å². The highest BCUT2D eigenvalue weighted by atomic mass is 16.5. The van der Waals surface area contributed by atoms with Crippen molar-refractivity contribution in [3.05, 3.63) is 81.9 Å². The predicted octanol–water partition coefficient (Wildman–Crippen LogP) is 3.56. The van der Waals surface area contributed by atoms with Crippen molar-refractivity contribution < 1.29 is 9.94 Å². The summed E-state index contributed by atoms with van der Waals surface area (Å²) in [5.74, 6) is 0.638. The van der Waals surface area contributed by atoms with E-state index in [0.717, 1.165) is 46.5 Å². The minimum atomic E-state index is -0.228. The van der Waals surface area contributed by atoms with Crippen LogP contribution in [0.25, 0.3) is 11.3 Å². The van der Waals surface area contributed by atoms with E-state index < -0.39 is 0 Å². The Labute approximate surface area is 157 Å². The van der Waals surface area contributed by atoms with Gasteiger partial charge in [0, 0.05) is 24.5 Å². The highest BCUT2D eigenvalue weighted by Crippen LogP contribution is 2.38. The molecule has 0 radical (unpaired) electrons. The van der Waals surface area contributed by atoms with E-state index in [0.29, 0.717) is 18.0 Å². The molecule has 0 saturated heterocycles. The summed E-state index contributed by atoms with van der Waals surface area (Å²) in [6.45, 7) is 1.86. The molecule has 27 heavy (non-hydrogen) atoms. The summed E-state index contributed by atoms with van der Waals surface area (Å²) in [5.41, 5.74) is 7.10. The van der Waals surface area contributed by atoms with Crippen LogP contribution in [0.5, 0.6) is 0 Å². The van der Waals surface area contributed by atoms with Crippen molar-refractivity contribution in [3.63, 3.8) is 0 Å². The highest BCUT2D eigenvalue weighted by molar-refractivity contribution is 5.92. The summed E-state index contributed by atoms with van der Waals surface area (Å²) in [4.78, 5) is 0. The molecule has 0 unspecified atom stereocenters. The van der Waals surface area contributed by atoms with Gasteiger partial charge in [-0.25, -0.2) is 9.30 Å². The molecule has 2 aromatic carbocycles. The zero-order valence-electron chi connectivity index (χ0n) is 15.2. The SMILES string of the molecule is Cc1n([C@@H]2/C(=N\O)CCc3ccccc32)c2c([n+]1[O-])-c1ccccc1CC2. The van der Waals surface area contributed by atoms with E-state index in [-0.39, 0.29) is 6.04 Å². The van der Waals surface area contributed by atoms with Gasteiger partial charge in [0.1, 0.15) is 5.71 Å². The third kappa shape index (κ3) is 2.24. The van der Waals surface area contributed by atoms with Crippen LogP contribution in [0.15, 0.2) is 53.7 Å². The van der Waals surface area contributed by atoms with Crippen molar-refractivity contribution in [2.45, 2.75) is 38.6 Å². The maximum absolute atomic E-state index is 13.1. The van der Waals surface area contributed by atoms with Crippen molar-refractivity contribution in [1.29, 1.82) is 0 Å². The van der Waals surface area contributed by atoms with E-state index in [1.807, 2.05) is 37.3 Å². The van der Waals surface area contributed by atoms with Crippen molar-refractivity contribution in [3.8, 4) is 11.3 Å². The summed E-state index contributed by atoms with van der Waals surface area (Å²) in [6.07, 6.45) is 3.27. The quantitative estimate of drug-likeness (QED) is 0.312. The van der Waals surface area contributed by atoms with Gasteiger partial charge in [0.25, 0.3) is 5.82 Å². The van der Waals surface area contributed by atoms with Crippen LogP contribution in [0.2, 0.25) is 0 Å². The van der Waals surface area contributed by atoms with Crippen LogP contribution in [-0.2, 0) is 19.3 Å². The molecule has 2 aliphatic rings. The Morgan fingerprint density at radius 3 is 2.52 bits per heavy atom. The van der Waals surface area contributed by atoms with E-state index in [1.165, 1.54) is 11.1 Å². The molecule has 0 aliphatic heterocycles. The zero-order valence-corrected chi connectivity index (χ0v) is 15.2. The molecule has 3 aromatic rings. The summed E-state index contributed by atoms with van der Waals surface area (Å²) >= 11 is 0. The maximum Gasteiger partial charge on any atom is 0.257 e. The second-order valence-electron chi connectivity index (χ2n) is 7.36. The average molecular weight is 359 g/mol.